The number of ether oxygens (including phenoxy) is 1. The number of primary amides is 1. The first-order valence-corrected chi connectivity index (χ1v) is 9.24. The zero-order valence-corrected chi connectivity index (χ0v) is 16.5. The number of carboxylic acid groups (broad SMARTS) is 1. The minimum Gasteiger partial charge on any atom is -0.483 e. The van der Waals surface area contributed by atoms with Gasteiger partial charge in [-0.1, -0.05) is 19.9 Å². The highest BCUT2D eigenvalue weighted by Crippen LogP contribution is 2.37. The number of amidine groups is 1. The van der Waals surface area contributed by atoms with Crippen molar-refractivity contribution in [3.05, 3.63) is 59.2 Å². The van der Waals surface area contributed by atoms with Gasteiger partial charge in [0.05, 0.1) is 0 Å². The smallest absolute Gasteiger partial charge is 0.334 e. The molecule has 0 heterocycles. The summed E-state index contributed by atoms with van der Waals surface area (Å²) < 4.78 is 5.52. The predicted octanol–water partition coefficient (Wildman–Crippen LogP) is 2.20. The molecule has 0 aromatic heterocycles. The van der Waals surface area contributed by atoms with Crippen molar-refractivity contribution < 1.29 is 19.4 Å². The highest BCUT2D eigenvalue weighted by molar-refractivity contribution is 5.95. The Balaban J connectivity index is 2.56. The summed E-state index contributed by atoms with van der Waals surface area (Å²) in [5.41, 5.74) is 11.6. The Kier molecular flexibility index (Phi) is 6.82. The molecule has 0 aliphatic heterocycles. The molecule has 2 aromatic carbocycles. The fraction of sp³-hybridized carbons (Fsp3) is 0.286. The number of aliphatic carboxylic acids is 1. The molecule has 154 valence electrons. The van der Waals surface area contributed by atoms with Gasteiger partial charge in [0.1, 0.15) is 11.6 Å². The first-order valence-electron chi connectivity index (χ1n) is 9.24. The van der Waals surface area contributed by atoms with E-state index in [0.29, 0.717) is 23.2 Å². The average Bonchev–Trinajstić information content (AvgIpc) is 2.70. The summed E-state index contributed by atoms with van der Waals surface area (Å²) in [4.78, 5) is 23.6. The van der Waals surface area contributed by atoms with Crippen LogP contribution >= 0.6 is 0 Å². The minimum absolute atomic E-state index is 0.0747. The summed E-state index contributed by atoms with van der Waals surface area (Å²) in [5.74, 6) is -1.54. The van der Waals surface area contributed by atoms with Crippen molar-refractivity contribution in [3.8, 4) is 5.75 Å². The van der Waals surface area contributed by atoms with Crippen molar-refractivity contribution >= 4 is 23.4 Å². The van der Waals surface area contributed by atoms with E-state index < -0.39 is 17.4 Å². The van der Waals surface area contributed by atoms with Gasteiger partial charge in [-0.15, -0.1) is 0 Å². The molecule has 0 saturated heterocycles. The van der Waals surface area contributed by atoms with Gasteiger partial charge in [-0.2, -0.15) is 0 Å². The molecule has 0 radical (unpaired) electrons. The number of nitrogens with one attached hydrogen (secondary N) is 2. The van der Waals surface area contributed by atoms with Crippen LogP contribution in [0.25, 0.3) is 0 Å². The minimum atomic E-state index is -1.50. The Hall–Kier alpha value is -3.55. The van der Waals surface area contributed by atoms with Crippen molar-refractivity contribution in [2.75, 3.05) is 11.9 Å². The van der Waals surface area contributed by atoms with Crippen LogP contribution in [0.3, 0.4) is 0 Å². The Morgan fingerprint density at radius 2 is 1.79 bits per heavy atom. The molecule has 2 aromatic rings. The average molecular weight is 398 g/mol. The highest BCUT2D eigenvalue weighted by Gasteiger charge is 2.41. The van der Waals surface area contributed by atoms with Gasteiger partial charge in [-0.3, -0.25) is 10.2 Å². The maximum atomic E-state index is 12.5. The summed E-state index contributed by atoms with van der Waals surface area (Å²) in [5, 5.41) is 20.8. The van der Waals surface area contributed by atoms with Crippen molar-refractivity contribution in [1.29, 1.82) is 5.41 Å². The van der Waals surface area contributed by atoms with Gasteiger partial charge in [0.25, 0.3) is 5.91 Å². The van der Waals surface area contributed by atoms with Gasteiger partial charge in [0.15, 0.2) is 12.1 Å². The maximum Gasteiger partial charge on any atom is 0.334 e. The van der Waals surface area contributed by atoms with Crippen molar-refractivity contribution in [1.82, 2.24) is 0 Å². The number of hydrogen-bond acceptors (Lipinski definition) is 5. The molecular formula is C21H26N4O4. The number of nitrogen functional groups attached to an aromatic ring is 1. The number of nitrogens with two attached hydrogens (primary N) is 2. The third-order valence-electron chi connectivity index (χ3n) is 4.73. The van der Waals surface area contributed by atoms with Crippen LogP contribution in [0.2, 0.25) is 0 Å². The lowest BCUT2D eigenvalue weighted by Crippen LogP contribution is -2.43. The molecule has 8 nitrogen and oxygen atoms in total. The lowest BCUT2D eigenvalue weighted by molar-refractivity contribution is -0.142. The van der Waals surface area contributed by atoms with Crippen LogP contribution in [0.15, 0.2) is 42.5 Å². The predicted molar refractivity (Wildman–Crippen MR) is 111 cm³/mol. The van der Waals surface area contributed by atoms with Crippen LogP contribution in [0, 0.1) is 5.41 Å². The zero-order chi connectivity index (χ0) is 21.6. The van der Waals surface area contributed by atoms with E-state index in [4.69, 9.17) is 21.6 Å². The third kappa shape index (κ3) is 4.84. The number of rotatable bonds is 10. The van der Waals surface area contributed by atoms with E-state index in [0.717, 1.165) is 5.56 Å². The second kappa shape index (κ2) is 9.09. The second-order valence-electron chi connectivity index (χ2n) is 6.62. The maximum absolute atomic E-state index is 12.5. The van der Waals surface area contributed by atoms with Crippen LogP contribution in [-0.2, 0) is 21.5 Å². The number of hydrogen-bond donors (Lipinski definition) is 5. The van der Waals surface area contributed by atoms with E-state index in [1.165, 1.54) is 0 Å². The fourth-order valence-electron chi connectivity index (χ4n) is 3.05. The lowest BCUT2D eigenvalue weighted by atomic mass is 9.84. The molecular weight excluding hydrogens is 372 g/mol. The Bertz CT molecular complexity index is 911. The van der Waals surface area contributed by atoms with E-state index >= 15 is 0 Å². The monoisotopic (exact) mass is 398 g/mol. The van der Waals surface area contributed by atoms with E-state index in [2.05, 4.69) is 5.32 Å². The number of amides is 1. The van der Waals surface area contributed by atoms with Crippen LogP contribution in [0.5, 0.6) is 5.75 Å². The molecule has 0 saturated carbocycles. The first kappa shape index (κ1) is 21.7. The molecule has 7 N–H and O–H groups in total. The van der Waals surface area contributed by atoms with Gasteiger partial charge in [-0.25, -0.2) is 4.79 Å². The molecule has 0 bridgehead atoms. The Labute approximate surface area is 169 Å². The van der Waals surface area contributed by atoms with Crippen LogP contribution < -0.4 is 21.5 Å². The molecule has 1 atom stereocenters. The number of carbonyl (C=O) groups excluding carboxylic acids is 1. The topological polar surface area (TPSA) is 152 Å². The molecule has 8 heteroatoms. The summed E-state index contributed by atoms with van der Waals surface area (Å²) in [6, 6.07) is 11.9. The first-order chi connectivity index (χ1) is 13.7. The van der Waals surface area contributed by atoms with Gasteiger partial charge in [0, 0.05) is 16.8 Å². The number of carboxylic acids is 1. The molecule has 0 aliphatic rings. The van der Waals surface area contributed by atoms with Gasteiger partial charge < -0.3 is 26.6 Å². The number of anilines is 1. The van der Waals surface area contributed by atoms with Gasteiger partial charge in [-0.05, 0) is 54.8 Å². The largest absolute Gasteiger partial charge is 0.483 e. The third-order valence-corrected chi connectivity index (χ3v) is 4.73. The van der Waals surface area contributed by atoms with Crippen LogP contribution in [-0.4, -0.2) is 29.4 Å². The molecule has 0 fully saturated rings. The van der Waals surface area contributed by atoms with E-state index in [1.807, 2.05) is 13.0 Å². The number of benzene rings is 2. The standard InChI is InChI=1S/C21H26N4O4/c1-3-13-5-10-17(29-12-18(22)26)16(11-13)21(4-2,20(27)28)25-15-8-6-14(7-9-15)19(23)24/h5-11,25H,3-4,12H2,1-2H3,(H2,22,26)(H3,23,24)(H,27,28). The van der Waals surface area contributed by atoms with Crippen molar-refractivity contribution in [2.45, 2.75) is 32.2 Å². The molecule has 1 amide bonds. The molecule has 0 spiro atoms. The van der Waals surface area contributed by atoms with Crippen LogP contribution in [0.1, 0.15) is 37.0 Å². The van der Waals surface area contributed by atoms with E-state index in [1.54, 1.807) is 43.3 Å². The summed E-state index contributed by atoms with van der Waals surface area (Å²) in [7, 11) is 0. The summed E-state index contributed by atoms with van der Waals surface area (Å²) in [6.07, 6.45) is 0.909. The number of aryl methyl sites for hydroxylation is 1. The summed E-state index contributed by atoms with van der Waals surface area (Å²) >= 11 is 0. The van der Waals surface area contributed by atoms with E-state index in [-0.39, 0.29) is 24.6 Å². The zero-order valence-electron chi connectivity index (χ0n) is 16.5. The fourth-order valence-corrected chi connectivity index (χ4v) is 3.05. The SMILES string of the molecule is CCc1ccc(OCC(N)=O)c(C(CC)(Nc2ccc(C(=N)N)cc2)C(=O)O)c1. The summed E-state index contributed by atoms with van der Waals surface area (Å²) in [6.45, 7) is 3.36. The molecule has 2 rings (SSSR count). The molecule has 1 unspecified atom stereocenters. The highest BCUT2D eigenvalue weighted by atomic mass is 16.5. The van der Waals surface area contributed by atoms with E-state index in [9.17, 15) is 14.7 Å². The van der Waals surface area contributed by atoms with Gasteiger partial charge in [0.2, 0.25) is 0 Å². The number of carbonyl (C=O) groups is 2. The Morgan fingerprint density at radius 1 is 1.14 bits per heavy atom. The van der Waals surface area contributed by atoms with Crippen LogP contribution in [0.4, 0.5) is 5.69 Å². The van der Waals surface area contributed by atoms with Crippen molar-refractivity contribution in [3.63, 3.8) is 0 Å². The van der Waals surface area contributed by atoms with Gasteiger partial charge >= 0.3 is 5.97 Å². The Morgan fingerprint density at radius 3 is 2.28 bits per heavy atom. The second-order valence-corrected chi connectivity index (χ2v) is 6.62. The molecule has 0 aliphatic carbocycles. The quantitative estimate of drug-likeness (QED) is 0.306. The lowest BCUT2D eigenvalue weighted by Gasteiger charge is -2.33. The molecule has 29 heavy (non-hydrogen) atoms. The normalized spacial score (nSPS) is 12.6. The van der Waals surface area contributed by atoms with Crippen molar-refractivity contribution in [2.24, 2.45) is 11.5 Å².